The molecule has 1 aliphatic rings. The van der Waals surface area contributed by atoms with E-state index in [0.29, 0.717) is 17.7 Å². The third-order valence-electron chi connectivity index (χ3n) is 3.46. The van der Waals surface area contributed by atoms with Gasteiger partial charge >= 0.3 is 0 Å². The van der Waals surface area contributed by atoms with Gasteiger partial charge in [0.05, 0.1) is 12.2 Å². The monoisotopic (exact) mass is 270 g/mol. The topological polar surface area (TPSA) is 76.1 Å². The van der Waals surface area contributed by atoms with E-state index >= 15 is 0 Å². The Morgan fingerprint density at radius 1 is 1.50 bits per heavy atom. The van der Waals surface area contributed by atoms with E-state index in [-0.39, 0.29) is 24.2 Å². The lowest BCUT2D eigenvalue weighted by Crippen LogP contribution is -2.18. The molecule has 2 aromatic rings. The number of aromatic nitrogens is 1. The summed E-state index contributed by atoms with van der Waals surface area (Å²) in [7, 11) is 0. The van der Waals surface area contributed by atoms with Crippen LogP contribution in [0.15, 0.2) is 28.7 Å². The van der Waals surface area contributed by atoms with Crippen molar-refractivity contribution in [3.05, 3.63) is 30.2 Å². The first-order chi connectivity index (χ1) is 9.78. The zero-order valence-corrected chi connectivity index (χ0v) is 10.9. The van der Waals surface area contributed by atoms with Gasteiger partial charge in [-0.25, -0.2) is 4.98 Å². The second-order valence-electron chi connectivity index (χ2n) is 4.89. The summed E-state index contributed by atoms with van der Waals surface area (Å²) in [5.74, 6) is -0.964. The Balaban J connectivity index is 1.81. The van der Waals surface area contributed by atoms with Crippen LogP contribution >= 0.6 is 0 Å². The molecule has 5 heteroatoms. The average molecular weight is 270 g/mol. The third kappa shape index (κ3) is 2.43. The highest BCUT2D eigenvalue weighted by atomic mass is 16.5. The van der Waals surface area contributed by atoms with E-state index < -0.39 is 5.92 Å². The van der Waals surface area contributed by atoms with Crippen LogP contribution in [0.5, 0.6) is 0 Å². The van der Waals surface area contributed by atoms with Crippen LogP contribution in [0.25, 0.3) is 11.1 Å². The predicted octanol–water partition coefficient (Wildman–Crippen LogP) is 2.57. The van der Waals surface area contributed by atoms with E-state index in [1.807, 2.05) is 18.2 Å². The Bertz CT molecular complexity index is 632. The SMILES string of the molecule is N#C[C@@H](C(=O)C[C@@H]1CCCO1)c1nc2ccccc2o1. The van der Waals surface area contributed by atoms with Crippen molar-refractivity contribution in [2.75, 3.05) is 6.61 Å². The lowest BCUT2D eigenvalue weighted by molar-refractivity contribution is -0.121. The lowest BCUT2D eigenvalue weighted by Gasteiger charge is -2.09. The number of nitrogens with zero attached hydrogens (tertiary/aromatic N) is 2. The Morgan fingerprint density at radius 2 is 2.35 bits per heavy atom. The number of fused-ring (bicyclic) bond motifs is 1. The van der Waals surface area contributed by atoms with E-state index in [1.165, 1.54) is 0 Å². The summed E-state index contributed by atoms with van der Waals surface area (Å²) in [4.78, 5) is 16.4. The maximum absolute atomic E-state index is 12.2. The number of benzene rings is 1. The Hall–Kier alpha value is -2.19. The fourth-order valence-electron chi connectivity index (χ4n) is 2.43. The van der Waals surface area contributed by atoms with E-state index in [4.69, 9.17) is 9.15 Å². The summed E-state index contributed by atoms with van der Waals surface area (Å²) in [5.41, 5.74) is 1.25. The molecule has 0 saturated carbocycles. The predicted molar refractivity (Wildman–Crippen MR) is 71.0 cm³/mol. The highest BCUT2D eigenvalue weighted by molar-refractivity contribution is 5.88. The number of rotatable bonds is 4. The molecule has 2 atom stereocenters. The van der Waals surface area contributed by atoms with Gasteiger partial charge in [0.15, 0.2) is 17.3 Å². The molecule has 102 valence electrons. The van der Waals surface area contributed by atoms with Gasteiger partial charge < -0.3 is 9.15 Å². The first-order valence-corrected chi connectivity index (χ1v) is 6.67. The largest absolute Gasteiger partial charge is 0.439 e. The molecule has 1 saturated heterocycles. The minimum absolute atomic E-state index is 0.0669. The van der Waals surface area contributed by atoms with Crippen LogP contribution in [0.3, 0.4) is 0 Å². The summed E-state index contributed by atoms with van der Waals surface area (Å²) in [6.07, 6.45) is 2.02. The molecule has 2 heterocycles. The molecule has 0 unspecified atom stereocenters. The van der Waals surface area contributed by atoms with Crippen LogP contribution in [-0.4, -0.2) is 23.5 Å². The molecule has 0 bridgehead atoms. The van der Waals surface area contributed by atoms with Crippen molar-refractivity contribution >= 4 is 16.9 Å². The highest BCUT2D eigenvalue weighted by Gasteiger charge is 2.29. The van der Waals surface area contributed by atoms with Gasteiger partial charge in [-0.2, -0.15) is 5.26 Å². The van der Waals surface area contributed by atoms with Gasteiger partial charge in [-0.05, 0) is 25.0 Å². The third-order valence-corrected chi connectivity index (χ3v) is 3.46. The number of Topliss-reactive ketones (excluding diaryl/α,β-unsaturated/α-hetero) is 1. The summed E-state index contributed by atoms with van der Waals surface area (Å²) in [5, 5.41) is 9.24. The van der Waals surface area contributed by atoms with Gasteiger partial charge in [0, 0.05) is 13.0 Å². The van der Waals surface area contributed by atoms with Crippen LogP contribution in [0.1, 0.15) is 31.1 Å². The Labute approximate surface area is 116 Å². The van der Waals surface area contributed by atoms with Crippen molar-refractivity contribution in [2.45, 2.75) is 31.3 Å². The average Bonchev–Trinajstić information content (AvgIpc) is 3.08. The number of hydrogen-bond acceptors (Lipinski definition) is 5. The highest BCUT2D eigenvalue weighted by Crippen LogP contribution is 2.25. The van der Waals surface area contributed by atoms with Crippen molar-refractivity contribution in [1.29, 1.82) is 5.26 Å². The quantitative estimate of drug-likeness (QED) is 0.853. The summed E-state index contributed by atoms with van der Waals surface area (Å²) < 4.78 is 10.9. The van der Waals surface area contributed by atoms with Gasteiger partial charge in [0.1, 0.15) is 5.52 Å². The number of para-hydroxylation sites is 2. The molecule has 0 radical (unpaired) electrons. The normalized spacial score (nSPS) is 19.9. The standard InChI is InChI=1S/C15H14N2O3/c16-9-11(13(18)8-10-4-3-7-19-10)15-17-12-5-1-2-6-14(12)20-15/h1-2,5-6,10-11H,3-4,7-8H2/t10-,11-/m0/s1. The molecule has 20 heavy (non-hydrogen) atoms. The minimum atomic E-state index is -0.952. The van der Waals surface area contributed by atoms with Crippen LogP contribution < -0.4 is 0 Å². The van der Waals surface area contributed by atoms with Crippen LogP contribution in [-0.2, 0) is 9.53 Å². The number of ether oxygens (including phenoxy) is 1. The Kier molecular flexibility index (Phi) is 3.48. The lowest BCUT2D eigenvalue weighted by atomic mass is 9.99. The van der Waals surface area contributed by atoms with Gasteiger partial charge in [-0.1, -0.05) is 12.1 Å². The maximum atomic E-state index is 12.2. The van der Waals surface area contributed by atoms with Crippen LogP contribution in [0.2, 0.25) is 0 Å². The summed E-state index contributed by atoms with van der Waals surface area (Å²) in [6, 6.07) is 9.22. The summed E-state index contributed by atoms with van der Waals surface area (Å²) in [6.45, 7) is 0.693. The van der Waals surface area contributed by atoms with Gasteiger partial charge in [-0.15, -0.1) is 0 Å². The first-order valence-electron chi connectivity index (χ1n) is 6.67. The number of ketones is 1. The second kappa shape index (κ2) is 5.43. The zero-order valence-electron chi connectivity index (χ0n) is 10.9. The smallest absolute Gasteiger partial charge is 0.220 e. The van der Waals surface area contributed by atoms with Gasteiger partial charge in [0.25, 0.3) is 0 Å². The van der Waals surface area contributed by atoms with E-state index in [1.54, 1.807) is 12.1 Å². The number of carbonyl (C=O) groups excluding carboxylic acids is 1. The molecule has 1 aliphatic heterocycles. The number of hydrogen-bond donors (Lipinski definition) is 0. The van der Waals surface area contributed by atoms with Crippen LogP contribution in [0.4, 0.5) is 0 Å². The van der Waals surface area contributed by atoms with E-state index in [2.05, 4.69) is 4.98 Å². The molecule has 0 aliphatic carbocycles. The minimum Gasteiger partial charge on any atom is -0.439 e. The molecule has 0 amide bonds. The number of nitriles is 1. The molecule has 1 fully saturated rings. The Morgan fingerprint density at radius 3 is 3.05 bits per heavy atom. The van der Waals surface area contributed by atoms with E-state index in [0.717, 1.165) is 12.8 Å². The van der Waals surface area contributed by atoms with Crippen LogP contribution in [0, 0.1) is 11.3 Å². The molecule has 1 aromatic heterocycles. The number of oxazole rings is 1. The fraction of sp³-hybridized carbons (Fsp3) is 0.400. The van der Waals surface area contributed by atoms with Gasteiger partial charge in [0.2, 0.25) is 5.89 Å². The van der Waals surface area contributed by atoms with Crippen molar-refractivity contribution in [3.8, 4) is 6.07 Å². The number of carbonyl (C=O) groups is 1. The van der Waals surface area contributed by atoms with E-state index in [9.17, 15) is 10.1 Å². The molecule has 1 aromatic carbocycles. The van der Waals surface area contributed by atoms with Crippen molar-refractivity contribution < 1.29 is 13.9 Å². The summed E-state index contributed by atoms with van der Waals surface area (Å²) >= 11 is 0. The molecule has 0 spiro atoms. The van der Waals surface area contributed by atoms with Crippen molar-refractivity contribution in [3.63, 3.8) is 0 Å². The van der Waals surface area contributed by atoms with Crippen molar-refractivity contribution in [2.24, 2.45) is 0 Å². The fourth-order valence-corrected chi connectivity index (χ4v) is 2.43. The first kappa shape index (κ1) is 12.8. The molecular formula is C15H14N2O3. The maximum Gasteiger partial charge on any atom is 0.220 e. The van der Waals surface area contributed by atoms with Gasteiger partial charge in [-0.3, -0.25) is 4.79 Å². The second-order valence-corrected chi connectivity index (χ2v) is 4.89. The zero-order chi connectivity index (χ0) is 13.9. The molecule has 5 nitrogen and oxygen atoms in total. The molecule has 3 rings (SSSR count). The molecule has 0 N–H and O–H groups in total. The van der Waals surface area contributed by atoms with Crippen molar-refractivity contribution in [1.82, 2.24) is 4.98 Å². The molecular weight excluding hydrogens is 256 g/mol.